The first kappa shape index (κ1) is 22.6. The second kappa shape index (κ2) is 10.3. The summed E-state index contributed by atoms with van der Waals surface area (Å²) < 4.78 is 18.0. The topological polar surface area (TPSA) is 74.6 Å². The molecule has 1 aromatic heterocycles. The molecular formula is C23H27N3O4S. The molecule has 164 valence electrons. The molecule has 31 heavy (non-hydrogen) atoms. The summed E-state index contributed by atoms with van der Waals surface area (Å²) in [7, 11) is 4.60. The van der Waals surface area contributed by atoms with Crippen molar-refractivity contribution < 1.29 is 19.0 Å². The molecule has 0 aliphatic rings. The lowest BCUT2D eigenvalue weighted by Gasteiger charge is -2.14. The number of hydrogen-bond donors (Lipinski definition) is 1. The molecule has 0 atom stereocenters. The van der Waals surface area contributed by atoms with Crippen molar-refractivity contribution in [3.63, 3.8) is 0 Å². The molecule has 7 nitrogen and oxygen atoms in total. The van der Waals surface area contributed by atoms with Crippen molar-refractivity contribution in [3.8, 4) is 22.9 Å². The number of nitrogens with zero attached hydrogens (tertiary/aromatic N) is 2. The largest absolute Gasteiger partial charge is 0.493 e. The maximum Gasteiger partial charge on any atom is 0.234 e. The third-order valence-corrected chi connectivity index (χ3v) is 5.69. The number of methoxy groups -OCH3 is 3. The molecule has 1 N–H and O–H groups in total. The van der Waals surface area contributed by atoms with E-state index < -0.39 is 0 Å². The summed E-state index contributed by atoms with van der Waals surface area (Å²) >= 11 is 1.37. The van der Waals surface area contributed by atoms with Crippen LogP contribution in [0.15, 0.2) is 53.9 Å². The van der Waals surface area contributed by atoms with Gasteiger partial charge in [-0.05, 0) is 23.6 Å². The molecule has 0 aliphatic heterocycles. The smallest absolute Gasteiger partial charge is 0.234 e. The Morgan fingerprint density at radius 3 is 2.26 bits per heavy atom. The summed E-state index contributed by atoms with van der Waals surface area (Å²) in [6, 6.07) is 11.8. The van der Waals surface area contributed by atoms with Crippen molar-refractivity contribution in [1.82, 2.24) is 9.55 Å². The predicted octanol–water partition coefficient (Wildman–Crippen LogP) is 4.75. The minimum Gasteiger partial charge on any atom is -0.493 e. The molecule has 0 unspecified atom stereocenters. The summed E-state index contributed by atoms with van der Waals surface area (Å²) in [6.07, 6.45) is 3.62. The van der Waals surface area contributed by atoms with E-state index in [1.807, 2.05) is 10.8 Å². The average Bonchev–Trinajstić information content (AvgIpc) is 3.25. The van der Waals surface area contributed by atoms with Gasteiger partial charge >= 0.3 is 0 Å². The number of rotatable bonds is 9. The second-order valence-electron chi connectivity index (χ2n) is 7.08. The molecule has 3 rings (SSSR count). The Morgan fingerprint density at radius 1 is 1.06 bits per heavy atom. The van der Waals surface area contributed by atoms with Crippen LogP contribution >= 0.6 is 11.8 Å². The predicted molar refractivity (Wildman–Crippen MR) is 123 cm³/mol. The van der Waals surface area contributed by atoms with Crippen LogP contribution in [0.4, 0.5) is 5.69 Å². The number of amides is 1. The van der Waals surface area contributed by atoms with E-state index >= 15 is 0 Å². The molecule has 1 heterocycles. The molecule has 1 amide bonds. The third-order valence-electron chi connectivity index (χ3n) is 4.73. The van der Waals surface area contributed by atoms with Gasteiger partial charge < -0.3 is 19.5 Å². The van der Waals surface area contributed by atoms with Crippen molar-refractivity contribution in [2.45, 2.75) is 24.9 Å². The Balaban J connectivity index is 1.68. The van der Waals surface area contributed by atoms with Gasteiger partial charge in [0.15, 0.2) is 16.7 Å². The van der Waals surface area contributed by atoms with Crippen LogP contribution in [-0.2, 0) is 4.79 Å². The molecule has 0 spiro atoms. The number of thioether (sulfide) groups is 1. The number of benzene rings is 2. The molecule has 2 aromatic carbocycles. The van der Waals surface area contributed by atoms with Gasteiger partial charge in [-0.2, -0.15) is 0 Å². The van der Waals surface area contributed by atoms with E-state index in [0.717, 1.165) is 10.8 Å². The van der Waals surface area contributed by atoms with Crippen LogP contribution in [0.25, 0.3) is 5.69 Å². The van der Waals surface area contributed by atoms with Gasteiger partial charge in [-0.3, -0.25) is 9.36 Å². The van der Waals surface area contributed by atoms with Gasteiger partial charge in [-0.25, -0.2) is 4.98 Å². The van der Waals surface area contributed by atoms with Crippen LogP contribution in [0.1, 0.15) is 25.3 Å². The molecule has 3 aromatic rings. The molecule has 0 saturated heterocycles. The van der Waals surface area contributed by atoms with Gasteiger partial charge in [-0.1, -0.05) is 37.7 Å². The molecule has 0 radical (unpaired) electrons. The van der Waals surface area contributed by atoms with Crippen LogP contribution in [-0.4, -0.2) is 42.5 Å². The van der Waals surface area contributed by atoms with Crippen LogP contribution in [0.2, 0.25) is 0 Å². The number of ether oxygens (including phenoxy) is 3. The lowest BCUT2D eigenvalue weighted by atomic mass is 10.0. The zero-order chi connectivity index (χ0) is 22.4. The molecule has 0 aliphatic carbocycles. The summed E-state index contributed by atoms with van der Waals surface area (Å²) in [5, 5.41) is 3.62. The highest BCUT2D eigenvalue weighted by molar-refractivity contribution is 7.99. The summed E-state index contributed by atoms with van der Waals surface area (Å²) in [5.41, 5.74) is 2.85. The van der Waals surface area contributed by atoms with E-state index in [-0.39, 0.29) is 11.7 Å². The Hall–Kier alpha value is -3.13. The van der Waals surface area contributed by atoms with Crippen LogP contribution in [0.3, 0.4) is 0 Å². The van der Waals surface area contributed by atoms with Crippen molar-refractivity contribution in [1.29, 1.82) is 0 Å². The standard InChI is InChI=1S/C23H27N3O4S/c1-15(2)16-6-8-18(9-7-16)26-11-10-24-23(26)31-14-21(27)25-17-12-19(28-3)22(30-5)20(13-17)29-4/h6-13,15H,14H2,1-5H3,(H,25,27). The van der Waals surface area contributed by atoms with Crippen molar-refractivity contribution >= 4 is 23.4 Å². The minimum absolute atomic E-state index is 0.163. The fraction of sp³-hybridized carbons (Fsp3) is 0.304. The molecule has 8 heteroatoms. The van der Waals surface area contributed by atoms with Crippen LogP contribution in [0.5, 0.6) is 17.2 Å². The molecule has 0 saturated carbocycles. The number of anilines is 1. The first-order valence-electron chi connectivity index (χ1n) is 9.83. The maximum absolute atomic E-state index is 12.5. The van der Waals surface area contributed by atoms with Crippen molar-refractivity contribution in [3.05, 3.63) is 54.4 Å². The van der Waals surface area contributed by atoms with E-state index in [9.17, 15) is 4.79 Å². The maximum atomic E-state index is 12.5. The van der Waals surface area contributed by atoms with Gasteiger partial charge in [-0.15, -0.1) is 0 Å². The summed E-state index contributed by atoms with van der Waals surface area (Å²) in [6.45, 7) is 4.33. The number of carbonyl (C=O) groups is 1. The Kier molecular flexibility index (Phi) is 7.46. The summed E-state index contributed by atoms with van der Waals surface area (Å²) in [5.74, 6) is 1.95. The van der Waals surface area contributed by atoms with Gasteiger partial charge in [0.05, 0.1) is 27.1 Å². The van der Waals surface area contributed by atoms with Crippen LogP contribution < -0.4 is 19.5 Å². The quantitative estimate of drug-likeness (QED) is 0.483. The SMILES string of the molecule is COc1cc(NC(=O)CSc2nccn2-c2ccc(C(C)C)cc2)cc(OC)c1OC. The highest BCUT2D eigenvalue weighted by Gasteiger charge is 2.15. The fourth-order valence-electron chi connectivity index (χ4n) is 3.09. The number of nitrogens with one attached hydrogen (secondary N) is 1. The fourth-order valence-corrected chi connectivity index (χ4v) is 3.87. The van der Waals surface area contributed by atoms with Gasteiger partial charge in [0, 0.05) is 35.9 Å². The monoisotopic (exact) mass is 441 g/mol. The Bertz CT molecular complexity index is 1010. The van der Waals surface area contributed by atoms with Crippen LogP contribution in [0, 0.1) is 0 Å². The van der Waals surface area contributed by atoms with E-state index in [0.29, 0.717) is 28.9 Å². The lowest BCUT2D eigenvalue weighted by Crippen LogP contribution is -2.15. The average molecular weight is 442 g/mol. The Labute approximate surface area is 186 Å². The van der Waals surface area contributed by atoms with E-state index in [1.165, 1.54) is 38.7 Å². The normalized spacial score (nSPS) is 10.8. The minimum atomic E-state index is -0.163. The molecule has 0 fully saturated rings. The van der Waals surface area contributed by atoms with Gasteiger partial charge in [0.25, 0.3) is 0 Å². The first-order valence-corrected chi connectivity index (χ1v) is 10.8. The highest BCUT2D eigenvalue weighted by atomic mass is 32.2. The zero-order valence-corrected chi connectivity index (χ0v) is 19.2. The number of aromatic nitrogens is 2. The summed E-state index contributed by atoms with van der Waals surface area (Å²) in [4.78, 5) is 16.9. The van der Waals surface area contributed by atoms with Gasteiger partial charge in [0.1, 0.15) is 0 Å². The molecular weight excluding hydrogens is 414 g/mol. The number of imidazole rings is 1. The third kappa shape index (κ3) is 5.32. The zero-order valence-electron chi connectivity index (χ0n) is 18.3. The van der Waals surface area contributed by atoms with E-state index in [2.05, 4.69) is 48.4 Å². The van der Waals surface area contributed by atoms with Gasteiger partial charge in [0.2, 0.25) is 11.7 Å². The molecule has 0 bridgehead atoms. The second-order valence-corrected chi connectivity index (χ2v) is 8.02. The van der Waals surface area contributed by atoms with Crippen molar-refractivity contribution in [2.24, 2.45) is 0 Å². The lowest BCUT2D eigenvalue weighted by molar-refractivity contribution is -0.113. The van der Waals surface area contributed by atoms with Crippen molar-refractivity contribution in [2.75, 3.05) is 32.4 Å². The highest BCUT2D eigenvalue weighted by Crippen LogP contribution is 2.40. The van der Waals surface area contributed by atoms with E-state index in [4.69, 9.17) is 14.2 Å². The number of carbonyl (C=O) groups excluding carboxylic acids is 1. The number of hydrogen-bond acceptors (Lipinski definition) is 6. The first-order chi connectivity index (χ1) is 15.0. The Morgan fingerprint density at radius 2 is 1.71 bits per heavy atom. The van der Waals surface area contributed by atoms with E-state index in [1.54, 1.807) is 18.3 Å².